The molecule has 1 radical (unpaired) electrons. The van der Waals surface area contributed by atoms with Crippen LogP contribution in [0.2, 0.25) is 0 Å². The second-order valence-corrected chi connectivity index (χ2v) is 2.70. The van der Waals surface area contributed by atoms with Crippen molar-refractivity contribution in [3.05, 3.63) is 35.9 Å². The summed E-state index contributed by atoms with van der Waals surface area (Å²) in [5.74, 6) is -2.21. The monoisotopic (exact) mass is 217 g/mol. The summed E-state index contributed by atoms with van der Waals surface area (Å²) in [6.07, 6.45) is -0.702. The van der Waals surface area contributed by atoms with E-state index in [1.165, 1.54) is 0 Å². The standard InChI is InChI=1S/C10H10O4.Mg/c11-9(12)6-10(13)14-7-8-4-2-1-3-5-8;/h1-5H,6-7H2,(H,11,12);/q;+1/p-1. The van der Waals surface area contributed by atoms with Crippen LogP contribution >= 0.6 is 0 Å². The first-order valence-corrected chi connectivity index (χ1v) is 4.08. The van der Waals surface area contributed by atoms with Crippen molar-refractivity contribution in [2.75, 3.05) is 0 Å². The van der Waals surface area contributed by atoms with Crippen LogP contribution in [0.1, 0.15) is 12.0 Å². The SMILES string of the molecule is O=C([O-])CC(=O)OCc1ccccc1.[Mg+]. The summed E-state index contributed by atoms with van der Waals surface area (Å²) < 4.78 is 4.68. The molecule has 0 amide bonds. The fourth-order valence-corrected chi connectivity index (χ4v) is 0.907. The number of hydrogen-bond acceptors (Lipinski definition) is 4. The molecule has 15 heavy (non-hydrogen) atoms. The van der Waals surface area contributed by atoms with Crippen LogP contribution in [0.3, 0.4) is 0 Å². The Bertz CT molecular complexity index is 323. The van der Waals surface area contributed by atoms with Crippen molar-refractivity contribution in [2.45, 2.75) is 13.0 Å². The number of aliphatic carboxylic acids is 1. The average molecular weight is 217 g/mol. The number of ether oxygens (including phenoxy) is 1. The third-order valence-corrected chi connectivity index (χ3v) is 1.53. The van der Waals surface area contributed by atoms with Gasteiger partial charge >= 0.3 is 29.0 Å². The van der Waals surface area contributed by atoms with E-state index < -0.39 is 18.4 Å². The van der Waals surface area contributed by atoms with Crippen molar-refractivity contribution in [3.8, 4) is 0 Å². The van der Waals surface area contributed by atoms with Gasteiger partial charge in [0.05, 0.1) is 12.4 Å². The quantitative estimate of drug-likeness (QED) is 0.387. The molecule has 0 saturated heterocycles. The minimum Gasteiger partial charge on any atom is -0.550 e. The Morgan fingerprint density at radius 2 is 1.80 bits per heavy atom. The van der Waals surface area contributed by atoms with Gasteiger partial charge in [0.25, 0.3) is 0 Å². The van der Waals surface area contributed by atoms with E-state index in [1.54, 1.807) is 12.1 Å². The molecule has 0 saturated carbocycles. The summed E-state index contributed by atoms with van der Waals surface area (Å²) >= 11 is 0. The first-order valence-electron chi connectivity index (χ1n) is 4.08. The number of rotatable bonds is 4. The zero-order chi connectivity index (χ0) is 10.4. The van der Waals surface area contributed by atoms with Crippen LogP contribution in [0.25, 0.3) is 0 Å². The molecule has 0 aliphatic carbocycles. The molecule has 0 bridgehead atoms. The largest absolute Gasteiger partial charge is 1.00 e. The third-order valence-electron chi connectivity index (χ3n) is 1.53. The second kappa shape index (κ2) is 7.25. The maximum absolute atomic E-state index is 10.8. The minimum atomic E-state index is -1.43. The van der Waals surface area contributed by atoms with Crippen LogP contribution in [0.4, 0.5) is 0 Å². The number of hydrogen-bond donors (Lipinski definition) is 0. The van der Waals surface area contributed by atoms with Crippen molar-refractivity contribution < 1.29 is 19.4 Å². The summed E-state index contributed by atoms with van der Waals surface area (Å²) in [6.45, 7) is 0.0902. The van der Waals surface area contributed by atoms with Crippen LogP contribution in [0, 0.1) is 0 Å². The molecular weight excluding hydrogens is 208 g/mol. The predicted octanol–water partition coefficient (Wildman–Crippen LogP) is -0.511. The number of carboxylic acids is 1. The van der Waals surface area contributed by atoms with Gasteiger partial charge in [-0.2, -0.15) is 0 Å². The maximum Gasteiger partial charge on any atom is 1.00 e. The van der Waals surface area contributed by atoms with E-state index in [4.69, 9.17) is 0 Å². The van der Waals surface area contributed by atoms with Gasteiger partial charge in [0.2, 0.25) is 0 Å². The summed E-state index contributed by atoms with van der Waals surface area (Å²) in [5, 5.41) is 10.0. The summed E-state index contributed by atoms with van der Waals surface area (Å²) in [5.41, 5.74) is 0.819. The number of benzene rings is 1. The fraction of sp³-hybridized carbons (Fsp3) is 0.200. The number of esters is 1. The molecule has 5 heteroatoms. The smallest absolute Gasteiger partial charge is 0.550 e. The molecule has 0 heterocycles. The van der Waals surface area contributed by atoms with E-state index in [0.717, 1.165) is 5.56 Å². The molecule has 0 atom stereocenters. The van der Waals surface area contributed by atoms with Gasteiger partial charge < -0.3 is 14.6 Å². The van der Waals surface area contributed by atoms with Crippen molar-refractivity contribution in [1.29, 1.82) is 0 Å². The summed E-state index contributed by atoms with van der Waals surface area (Å²) in [4.78, 5) is 20.8. The van der Waals surface area contributed by atoms with Gasteiger partial charge in [0.1, 0.15) is 6.61 Å². The normalized spacial score (nSPS) is 8.80. The van der Waals surface area contributed by atoms with Gasteiger partial charge in [0.15, 0.2) is 0 Å². The summed E-state index contributed by atoms with van der Waals surface area (Å²) in [7, 11) is 0. The minimum absolute atomic E-state index is 0. The van der Waals surface area contributed by atoms with Gasteiger partial charge in [0, 0.05) is 0 Å². The Balaban J connectivity index is 0.00000196. The fourth-order valence-electron chi connectivity index (χ4n) is 0.907. The maximum atomic E-state index is 10.8. The molecule has 75 valence electrons. The molecule has 0 spiro atoms. The predicted molar refractivity (Wildman–Crippen MR) is 51.6 cm³/mol. The molecule has 0 unspecified atom stereocenters. The van der Waals surface area contributed by atoms with E-state index in [2.05, 4.69) is 4.74 Å². The van der Waals surface area contributed by atoms with Crippen molar-refractivity contribution in [1.82, 2.24) is 0 Å². The number of carboxylic acid groups (broad SMARTS) is 1. The molecule has 1 aromatic carbocycles. The zero-order valence-corrected chi connectivity index (χ0v) is 9.56. The Morgan fingerprint density at radius 1 is 1.20 bits per heavy atom. The van der Waals surface area contributed by atoms with Crippen LogP contribution in [0.5, 0.6) is 0 Å². The van der Waals surface area contributed by atoms with E-state index in [9.17, 15) is 14.7 Å². The van der Waals surface area contributed by atoms with Gasteiger partial charge in [-0.15, -0.1) is 0 Å². The van der Waals surface area contributed by atoms with Crippen LogP contribution in [-0.4, -0.2) is 35.0 Å². The molecule has 4 nitrogen and oxygen atoms in total. The van der Waals surface area contributed by atoms with E-state index >= 15 is 0 Å². The van der Waals surface area contributed by atoms with Gasteiger partial charge in [-0.3, -0.25) is 4.79 Å². The molecular formula is C10H9MgO4. The van der Waals surface area contributed by atoms with Crippen LogP contribution in [-0.2, 0) is 20.9 Å². The van der Waals surface area contributed by atoms with Crippen molar-refractivity contribution in [2.24, 2.45) is 0 Å². The van der Waals surface area contributed by atoms with E-state index in [-0.39, 0.29) is 29.7 Å². The average Bonchev–Trinajstić information content (AvgIpc) is 2.15. The topological polar surface area (TPSA) is 66.4 Å². The van der Waals surface area contributed by atoms with Crippen LogP contribution in [0.15, 0.2) is 30.3 Å². The Morgan fingerprint density at radius 3 is 2.33 bits per heavy atom. The van der Waals surface area contributed by atoms with E-state index in [1.807, 2.05) is 18.2 Å². The third kappa shape index (κ3) is 6.08. The number of carbonyl (C=O) groups excluding carboxylic acids is 2. The molecule has 1 rings (SSSR count). The van der Waals surface area contributed by atoms with E-state index in [0.29, 0.717) is 0 Å². The number of carbonyl (C=O) groups is 2. The Hall–Kier alpha value is -1.07. The first-order chi connectivity index (χ1) is 6.68. The second-order valence-electron chi connectivity index (χ2n) is 2.70. The van der Waals surface area contributed by atoms with Crippen molar-refractivity contribution >= 4 is 35.0 Å². The summed E-state index contributed by atoms with van der Waals surface area (Å²) in [6, 6.07) is 9.02. The van der Waals surface area contributed by atoms with Gasteiger partial charge in [-0.05, 0) is 5.56 Å². The molecule has 0 fully saturated rings. The molecule has 0 aliphatic heterocycles. The Labute approximate surface area is 103 Å². The van der Waals surface area contributed by atoms with Crippen LogP contribution < -0.4 is 5.11 Å². The molecule has 0 aromatic heterocycles. The molecule has 0 aliphatic rings. The van der Waals surface area contributed by atoms with Gasteiger partial charge in [-0.1, -0.05) is 30.3 Å². The van der Waals surface area contributed by atoms with Crippen molar-refractivity contribution in [3.63, 3.8) is 0 Å². The molecule has 0 N–H and O–H groups in total. The van der Waals surface area contributed by atoms with Gasteiger partial charge in [-0.25, -0.2) is 0 Å². The first kappa shape index (κ1) is 13.9. The zero-order valence-electron chi connectivity index (χ0n) is 8.14. The Kier molecular flexibility index (Phi) is 6.73. The molecule has 1 aromatic rings.